The molecular formula is C25H30BN3O4. The first-order valence-electron chi connectivity index (χ1n) is 11.1. The molecule has 0 atom stereocenters. The van der Waals surface area contributed by atoms with E-state index in [0.717, 1.165) is 27.5 Å². The summed E-state index contributed by atoms with van der Waals surface area (Å²) in [5, 5.41) is 8.22. The number of nitrogens with one attached hydrogen (secondary N) is 1. The minimum absolute atomic E-state index is 0.208. The molecule has 1 aliphatic heterocycles. The summed E-state index contributed by atoms with van der Waals surface area (Å²) in [6.07, 6.45) is 3.33. The minimum Gasteiger partial charge on any atom is -0.445 e. The molecule has 8 heteroatoms. The van der Waals surface area contributed by atoms with Crippen LogP contribution in [0.3, 0.4) is 0 Å². The number of carbonyl (C=O) groups excluding carboxylic acids is 1. The zero-order valence-electron chi connectivity index (χ0n) is 19.8. The number of rotatable bonds is 6. The fraction of sp³-hybridized carbons (Fsp3) is 0.360. The number of hydrogen-bond acceptors (Lipinski definition) is 5. The molecule has 1 N–H and O–H groups in total. The Bertz CT molecular complexity index is 1150. The molecule has 0 radical (unpaired) electrons. The van der Waals surface area contributed by atoms with E-state index in [4.69, 9.17) is 14.0 Å². The van der Waals surface area contributed by atoms with E-state index in [1.807, 2.05) is 94.2 Å². The fourth-order valence-electron chi connectivity index (χ4n) is 3.61. The van der Waals surface area contributed by atoms with Gasteiger partial charge >= 0.3 is 13.2 Å². The maximum atomic E-state index is 12.4. The first-order chi connectivity index (χ1) is 15.6. The second-order valence-corrected chi connectivity index (χ2v) is 9.31. The number of hydrogen-bond donors (Lipinski definition) is 1. The maximum Gasteiger partial charge on any atom is 0.492 e. The summed E-state index contributed by atoms with van der Waals surface area (Å²) in [5.74, 6) is 0. The van der Waals surface area contributed by atoms with Crippen LogP contribution in [0.4, 0.5) is 4.79 Å². The normalized spacial score (nSPS) is 17.4. The minimum atomic E-state index is -0.591. The summed E-state index contributed by atoms with van der Waals surface area (Å²) < 4.78 is 19.7. The second kappa shape index (κ2) is 9.04. The van der Waals surface area contributed by atoms with Gasteiger partial charge in [0, 0.05) is 19.0 Å². The van der Waals surface area contributed by atoms with Crippen molar-refractivity contribution in [3.63, 3.8) is 0 Å². The van der Waals surface area contributed by atoms with E-state index in [1.165, 1.54) is 0 Å². The Morgan fingerprint density at radius 2 is 1.82 bits per heavy atom. The lowest BCUT2D eigenvalue weighted by molar-refractivity contribution is 0.00578. The molecule has 1 fully saturated rings. The van der Waals surface area contributed by atoms with Crippen molar-refractivity contribution < 1.29 is 18.8 Å². The average Bonchev–Trinajstić information content (AvgIpc) is 3.25. The van der Waals surface area contributed by atoms with Crippen molar-refractivity contribution in [3.8, 4) is 0 Å². The van der Waals surface area contributed by atoms with E-state index in [0.29, 0.717) is 0 Å². The van der Waals surface area contributed by atoms with Gasteiger partial charge in [-0.05, 0) is 50.4 Å². The molecule has 0 spiro atoms. The number of nitrogens with zero attached hydrogens (tertiary/aromatic N) is 2. The molecule has 2 aromatic carbocycles. The van der Waals surface area contributed by atoms with Crippen LogP contribution in [0.25, 0.3) is 17.0 Å². The van der Waals surface area contributed by atoms with Crippen LogP contribution in [-0.4, -0.2) is 40.7 Å². The first-order valence-corrected chi connectivity index (χ1v) is 11.1. The van der Waals surface area contributed by atoms with Gasteiger partial charge < -0.3 is 19.4 Å². The standard InChI is InChI=1S/C25H30BN3O4/c1-24(2)25(3,4)33-26(32-24)21(13-19-11-12-20-15-28-29(5)22(20)14-19)16-27-23(30)31-17-18-9-7-6-8-10-18/h6-15H,16-17H2,1-5H3,(H,27,30). The summed E-state index contributed by atoms with van der Waals surface area (Å²) in [6.45, 7) is 8.47. The van der Waals surface area contributed by atoms with Gasteiger partial charge in [-0.25, -0.2) is 4.79 Å². The van der Waals surface area contributed by atoms with Gasteiger partial charge in [-0.2, -0.15) is 5.10 Å². The van der Waals surface area contributed by atoms with Gasteiger partial charge in [0.25, 0.3) is 0 Å². The highest BCUT2D eigenvalue weighted by molar-refractivity contribution is 6.56. The molecule has 3 aromatic rings. The molecule has 7 nitrogen and oxygen atoms in total. The first kappa shape index (κ1) is 23.1. The third kappa shape index (κ3) is 5.12. The number of alkyl carbamates (subject to hydrolysis) is 1. The summed E-state index contributed by atoms with van der Waals surface area (Å²) in [4.78, 5) is 12.4. The van der Waals surface area contributed by atoms with Crippen molar-refractivity contribution in [2.75, 3.05) is 6.54 Å². The zero-order chi connectivity index (χ0) is 23.6. The molecule has 1 aromatic heterocycles. The lowest BCUT2D eigenvalue weighted by atomic mass is 9.77. The van der Waals surface area contributed by atoms with Crippen LogP contribution in [-0.2, 0) is 27.7 Å². The second-order valence-electron chi connectivity index (χ2n) is 9.31. The van der Waals surface area contributed by atoms with E-state index in [1.54, 1.807) is 0 Å². The van der Waals surface area contributed by atoms with Gasteiger partial charge in [-0.15, -0.1) is 0 Å². The lowest BCUT2D eigenvalue weighted by Gasteiger charge is -2.32. The van der Waals surface area contributed by atoms with Gasteiger partial charge in [0.15, 0.2) is 0 Å². The van der Waals surface area contributed by atoms with Crippen LogP contribution in [0.15, 0.2) is 60.2 Å². The summed E-state index contributed by atoms with van der Waals surface area (Å²) >= 11 is 0. The average molecular weight is 447 g/mol. The molecule has 1 amide bonds. The monoisotopic (exact) mass is 447 g/mol. The molecule has 0 unspecified atom stereocenters. The molecule has 33 heavy (non-hydrogen) atoms. The third-order valence-corrected chi connectivity index (χ3v) is 6.33. The van der Waals surface area contributed by atoms with Crippen LogP contribution in [0, 0.1) is 0 Å². The molecular weight excluding hydrogens is 417 g/mol. The largest absolute Gasteiger partial charge is 0.492 e. The Labute approximate surface area is 194 Å². The van der Waals surface area contributed by atoms with Crippen LogP contribution in [0.5, 0.6) is 0 Å². The summed E-state index contributed by atoms with van der Waals surface area (Å²) in [5.41, 5.74) is 2.74. The Balaban J connectivity index is 1.53. The highest BCUT2D eigenvalue weighted by Crippen LogP contribution is 2.38. The van der Waals surface area contributed by atoms with Crippen LogP contribution in [0.2, 0.25) is 0 Å². The predicted octanol–water partition coefficient (Wildman–Crippen LogP) is 4.51. The van der Waals surface area contributed by atoms with E-state index in [-0.39, 0.29) is 13.2 Å². The number of carbonyl (C=O) groups is 1. The molecule has 2 heterocycles. The Morgan fingerprint density at radius 1 is 1.12 bits per heavy atom. The smallest absolute Gasteiger partial charge is 0.445 e. The highest BCUT2D eigenvalue weighted by atomic mass is 16.7. The predicted molar refractivity (Wildman–Crippen MR) is 129 cm³/mol. The number of fused-ring (bicyclic) bond motifs is 1. The van der Waals surface area contributed by atoms with E-state index in [9.17, 15) is 4.79 Å². The van der Waals surface area contributed by atoms with Crippen molar-refractivity contribution in [2.45, 2.75) is 45.5 Å². The van der Waals surface area contributed by atoms with Gasteiger partial charge in [0.1, 0.15) is 6.61 Å². The SMILES string of the molecule is Cn1ncc2ccc(C=C(CNC(=O)OCc3ccccc3)B3OC(C)(C)C(C)(C)O3)cc21. The molecule has 1 aliphatic rings. The number of amides is 1. The third-order valence-electron chi connectivity index (χ3n) is 6.33. The zero-order valence-corrected chi connectivity index (χ0v) is 19.8. The fourth-order valence-corrected chi connectivity index (χ4v) is 3.61. The van der Waals surface area contributed by atoms with Crippen molar-refractivity contribution in [3.05, 3.63) is 71.3 Å². The number of aryl methyl sites for hydroxylation is 1. The Morgan fingerprint density at radius 3 is 2.52 bits per heavy atom. The van der Waals surface area contributed by atoms with Crippen molar-refractivity contribution in [1.29, 1.82) is 0 Å². The lowest BCUT2D eigenvalue weighted by Crippen LogP contribution is -2.41. The Kier molecular flexibility index (Phi) is 6.32. The van der Waals surface area contributed by atoms with Gasteiger partial charge in [0.2, 0.25) is 0 Å². The molecule has 4 rings (SSSR count). The van der Waals surface area contributed by atoms with Crippen LogP contribution >= 0.6 is 0 Å². The van der Waals surface area contributed by atoms with Crippen molar-refractivity contribution in [1.82, 2.24) is 15.1 Å². The maximum absolute atomic E-state index is 12.4. The number of ether oxygens (including phenoxy) is 1. The van der Waals surface area contributed by atoms with Gasteiger partial charge in [-0.3, -0.25) is 4.68 Å². The van der Waals surface area contributed by atoms with Crippen molar-refractivity contribution in [2.24, 2.45) is 7.05 Å². The van der Waals surface area contributed by atoms with E-state index >= 15 is 0 Å². The molecule has 0 saturated carbocycles. The number of aromatic nitrogens is 2. The van der Waals surface area contributed by atoms with Crippen molar-refractivity contribution >= 4 is 30.2 Å². The summed E-state index contributed by atoms with van der Waals surface area (Å²) in [6, 6.07) is 15.7. The topological polar surface area (TPSA) is 74.6 Å². The van der Waals surface area contributed by atoms with Gasteiger partial charge in [-0.1, -0.05) is 48.5 Å². The molecule has 0 bridgehead atoms. The van der Waals surface area contributed by atoms with E-state index < -0.39 is 24.4 Å². The highest BCUT2D eigenvalue weighted by Gasteiger charge is 2.52. The van der Waals surface area contributed by atoms with Crippen LogP contribution in [0.1, 0.15) is 38.8 Å². The van der Waals surface area contributed by atoms with Gasteiger partial charge in [0.05, 0.1) is 22.9 Å². The van der Waals surface area contributed by atoms with E-state index in [2.05, 4.69) is 16.5 Å². The molecule has 172 valence electrons. The quantitative estimate of drug-likeness (QED) is 0.563. The Hall–Kier alpha value is -3.10. The number of benzene rings is 2. The van der Waals surface area contributed by atoms with Crippen LogP contribution < -0.4 is 5.32 Å². The molecule has 1 saturated heterocycles. The summed E-state index contributed by atoms with van der Waals surface area (Å²) in [7, 11) is 1.32. The molecule has 0 aliphatic carbocycles.